The van der Waals surface area contributed by atoms with E-state index in [2.05, 4.69) is 9.97 Å². The molecule has 74 valence electrons. The molecule has 3 N–H and O–H groups in total. The Balaban J connectivity index is 0.000000980. The lowest BCUT2D eigenvalue weighted by Crippen LogP contribution is -2.14. The van der Waals surface area contributed by atoms with Gasteiger partial charge in [0.05, 0.1) is 17.4 Å². The molecule has 0 radical (unpaired) electrons. The van der Waals surface area contributed by atoms with Gasteiger partial charge in [0.15, 0.2) is 0 Å². The number of nitrogens with two attached hydrogens (primary N) is 1. The third-order valence-electron chi connectivity index (χ3n) is 1.86. The number of nitrogens with one attached hydrogen (secondary N) is 1. The lowest BCUT2D eigenvalue weighted by molar-refractivity contribution is 0.913. The van der Waals surface area contributed by atoms with Crippen LogP contribution in [-0.2, 0) is 6.54 Å². The number of hydrogen-bond acceptors (Lipinski definition) is 3. The minimum absolute atomic E-state index is 0. The maximum atomic E-state index is 11.4. The summed E-state index contributed by atoms with van der Waals surface area (Å²) in [5, 5.41) is 0.597. The molecule has 1 aromatic carbocycles. The fraction of sp³-hybridized carbons (Fsp3) is 0.111. The fourth-order valence-corrected chi connectivity index (χ4v) is 1.23. The second-order valence-corrected chi connectivity index (χ2v) is 2.73. The zero-order valence-corrected chi connectivity index (χ0v) is 9.07. The molecule has 0 amide bonds. The molecule has 1 aromatic heterocycles. The van der Waals surface area contributed by atoms with Crippen molar-refractivity contribution in [3.63, 3.8) is 0 Å². The number of aromatic nitrogens is 2. The second kappa shape index (κ2) is 4.34. The maximum Gasteiger partial charge on any atom is 0.258 e. The molecule has 0 atom stereocenters. The number of fused-ring (bicyclic) bond motifs is 1. The molecule has 0 spiro atoms. The van der Waals surface area contributed by atoms with Crippen LogP contribution in [0.15, 0.2) is 29.1 Å². The monoisotopic (exact) mass is 255 g/mol. The summed E-state index contributed by atoms with van der Waals surface area (Å²) in [5.41, 5.74) is 5.93. The van der Waals surface area contributed by atoms with E-state index in [-0.39, 0.29) is 29.1 Å². The van der Waals surface area contributed by atoms with Gasteiger partial charge in [-0.05, 0) is 12.1 Å². The Bertz CT molecular complexity index is 495. The fourth-order valence-electron chi connectivity index (χ4n) is 1.23. The summed E-state index contributed by atoms with van der Waals surface area (Å²) in [6.07, 6.45) is 0. The minimum atomic E-state index is -0.133. The van der Waals surface area contributed by atoms with Crippen molar-refractivity contribution < 1.29 is 0 Å². The molecule has 2 rings (SSSR count). The van der Waals surface area contributed by atoms with Crippen molar-refractivity contribution in [2.45, 2.75) is 6.54 Å². The van der Waals surface area contributed by atoms with Crippen LogP contribution in [0.4, 0.5) is 0 Å². The number of H-pyrrole nitrogens is 1. The molecule has 1 heterocycles. The number of nitrogens with zero attached hydrogens (tertiary/aromatic N) is 1. The summed E-state index contributed by atoms with van der Waals surface area (Å²) in [6.45, 7) is 0.250. The third-order valence-corrected chi connectivity index (χ3v) is 1.86. The highest BCUT2D eigenvalue weighted by Crippen LogP contribution is 2.04. The first-order valence-electron chi connectivity index (χ1n) is 3.99. The van der Waals surface area contributed by atoms with E-state index in [1.807, 2.05) is 6.07 Å². The van der Waals surface area contributed by atoms with E-state index in [0.717, 1.165) is 0 Å². The standard InChI is InChI=1S/C9H9N3O.BrH/c10-5-8-11-7-4-2-1-3-6(7)9(13)12-8;/h1-4H,5,10H2,(H,11,12,13);1H. The second-order valence-electron chi connectivity index (χ2n) is 2.73. The predicted octanol–water partition coefficient (Wildman–Crippen LogP) is 0.960. The van der Waals surface area contributed by atoms with Crippen LogP contribution in [0.25, 0.3) is 10.9 Å². The van der Waals surface area contributed by atoms with E-state index in [0.29, 0.717) is 16.7 Å². The molecule has 5 heteroatoms. The predicted molar refractivity (Wildman–Crippen MR) is 60.6 cm³/mol. The van der Waals surface area contributed by atoms with Gasteiger partial charge in [0.25, 0.3) is 5.56 Å². The first-order chi connectivity index (χ1) is 6.31. The molecule has 0 bridgehead atoms. The molecule has 0 saturated carbocycles. The van der Waals surface area contributed by atoms with E-state index in [9.17, 15) is 4.79 Å². The molecule has 4 nitrogen and oxygen atoms in total. The van der Waals surface area contributed by atoms with Crippen molar-refractivity contribution >= 4 is 27.9 Å². The summed E-state index contributed by atoms with van der Waals surface area (Å²) in [7, 11) is 0. The van der Waals surface area contributed by atoms with Crippen LogP contribution in [0.5, 0.6) is 0 Å². The third kappa shape index (κ3) is 1.83. The van der Waals surface area contributed by atoms with Crippen LogP contribution in [0.1, 0.15) is 5.82 Å². The Labute approximate surface area is 90.9 Å². The molecule has 0 aliphatic heterocycles. The van der Waals surface area contributed by atoms with E-state index in [4.69, 9.17) is 5.73 Å². The van der Waals surface area contributed by atoms with Crippen molar-refractivity contribution in [2.75, 3.05) is 0 Å². The Morgan fingerprint density at radius 2 is 2.07 bits per heavy atom. The minimum Gasteiger partial charge on any atom is -0.324 e. The van der Waals surface area contributed by atoms with Gasteiger partial charge in [-0.3, -0.25) is 4.79 Å². The zero-order valence-electron chi connectivity index (χ0n) is 7.36. The number of hydrogen-bond donors (Lipinski definition) is 2. The van der Waals surface area contributed by atoms with E-state index in [1.54, 1.807) is 18.2 Å². The molecular weight excluding hydrogens is 246 g/mol. The van der Waals surface area contributed by atoms with Crippen molar-refractivity contribution in [1.82, 2.24) is 9.97 Å². The molecule has 0 aliphatic carbocycles. The van der Waals surface area contributed by atoms with Crippen molar-refractivity contribution in [2.24, 2.45) is 5.73 Å². The van der Waals surface area contributed by atoms with E-state index >= 15 is 0 Å². The van der Waals surface area contributed by atoms with Gasteiger partial charge >= 0.3 is 0 Å². The van der Waals surface area contributed by atoms with Crippen LogP contribution < -0.4 is 11.3 Å². The number of rotatable bonds is 1. The molecule has 0 fully saturated rings. The molecule has 14 heavy (non-hydrogen) atoms. The highest BCUT2D eigenvalue weighted by molar-refractivity contribution is 8.93. The van der Waals surface area contributed by atoms with Crippen LogP contribution in [0.3, 0.4) is 0 Å². The summed E-state index contributed by atoms with van der Waals surface area (Å²) >= 11 is 0. The van der Waals surface area contributed by atoms with E-state index in [1.165, 1.54) is 0 Å². The Morgan fingerprint density at radius 3 is 2.79 bits per heavy atom. The Hall–Kier alpha value is -1.20. The SMILES string of the molecule is Br.NCc1nc2ccccc2c(=O)[nH]1. The number of aromatic amines is 1. The van der Waals surface area contributed by atoms with Gasteiger partial charge in [0.2, 0.25) is 0 Å². The number of halogens is 1. The van der Waals surface area contributed by atoms with Crippen molar-refractivity contribution in [3.8, 4) is 0 Å². The molecule has 0 saturated heterocycles. The molecular formula is C9H10BrN3O. The largest absolute Gasteiger partial charge is 0.324 e. The van der Waals surface area contributed by atoms with Gasteiger partial charge in [-0.25, -0.2) is 4.98 Å². The quantitative estimate of drug-likeness (QED) is 0.798. The van der Waals surface area contributed by atoms with Crippen molar-refractivity contribution in [1.29, 1.82) is 0 Å². The highest BCUT2D eigenvalue weighted by atomic mass is 79.9. The van der Waals surface area contributed by atoms with Gasteiger partial charge in [-0.15, -0.1) is 17.0 Å². The van der Waals surface area contributed by atoms with Crippen LogP contribution >= 0.6 is 17.0 Å². The first-order valence-corrected chi connectivity index (χ1v) is 3.99. The number of para-hydroxylation sites is 1. The topological polar surface area (TPSA) is 71.8 Å². The Kier molecular flexibility index (Phi) is 3.38. The van der Waals surface area contributed by atoms with Gasteiger partial charge in [0, 0.05) is 0 Å². The number of benzene rings is 1. The van der Waals surface area contributed by atoms with Crippen molar-refractivity contribution in [3.05, 3.63) is 40.4 Å². The summed E-state index contributed by atoms with van der Waals surface area (Å²) in [4.78, 5) is 18.2. The summed E-state index contributed by atoms with van der Waals surface area (Å²) < 4.78 is 0. The van der Waals surface area contributed by atoms with E-state index < -0.39 is 0 Å². The highest BCUT2D eigenvalue weighted by Gasteiger charge is 2.00. The average molecular weight is 256 g/mol. The van der Waals surface area contributed by atoms with Gasteiger partial charge in [0.1, 0.15) is 5.82 Å². The van der Waals surface area contributed by atoms with Crippen LogP contribution in [0.2, 0.25) is 0 Å². The molecule has 2 aromatic rings. The zero-order chi connectivity index (χ0) is 9.26. The molecule has 0 unspecified atom stereocenters. The van der Waals surface area contributed by atoms with Gasteiger partial charge in [-0.1, -0.05) is 12.1 Å². The van der Waals surface area contributed by atoms with Crippen LogP contribution in [0, 0.1) is 0 Å². The first kappa shape index (κ1) is 10.9. The average Bonchev–Trinajstić information content (AvgIpc) is 2.18. The summed E-state index contributed by atoms with van der Waals surface area (Å²) in [5.74, 6) is 0.517. The lowest BCUT2D eigenvalue weighted by Gasteiger charge is -1.98. The Morgan fingerprint density at radius 1 is 1.36 bits per heavy atom. The summed E-state index contributed by atoms with van der Waals surface area (Å²) in [6, 6.07) is 7.18. The molecule has 0 aliphatic rings. The maximum absolute atomic E-state index is 11.4. The van der Waals surface area contributed by atoms with Gasteiger partial charge < -0.3 is 10.7 Å². The smallest absolute Gasteiger partial charge is 0.258 e. The normalized spacial score (nSPS) is 9.79. The van der Waals surface area contributed by atoms with Gasteiger partial charge in [-0.2, -0.15) is 0 Å². The lowest BCUT2D eigenvalue weighted by atomic mass is 10.2. The van der Waals surface area contributed by atoms with Crippen LogP contribution in [-0.4, -0.2) is 9.97 Å².